The van der Waals surface area contributed by atoms with Crippen LogP contribution in [0.1, 0.15) is 6.92 Å². The molecule has 0 bridgehead atoms. The highest BCUT2D eigenvalue weighted by molar-refractivity contribution is 9.10. The molecule has 8 heteroatoms. The first kappa shape index (κ1) is 19.3. The fraction of sp³-hybridized carbons (Fsp3) is 0.235. The van der Waals surface area contributed by atoms with Gasteiger partial charge in [0, 0.05) is 10.5 Å². The maximum atomic E-state index is 13.0. The van der Waals surface area contributed by atoms with Crippen molar-refractivity contribution in [1.29, 1.82) is 0 Å². The molecule has 0 atom stereocenters. The highest BCUT2D eigenvalue weighted by Crippen LogP contribution is 2.27. The molecule has 2 rings (SSSR count). The fourth-order valence-corrected chi connectivity index (χ4v) is 3.79. The predicted octanol–water partition coefficient (Wildman–Crippen LogP) is 3.22. The van der Waals surface area contributed by atoms with Gasteiger partial charge in [0.1, 0.15) is 12.3 Å². The van der Waals surface area contributed by atoms with Crippen LogP contribution in [0.25, 0.3) is 0 Å². The second-order valence-electron chi connectivity index (χ2n) is 4.97. The van der Waals surface area contributed by atoms with Crippen molar-refractivity contribution in [1.82, 2.24) is 0 Å². The van der Waals surface area contributed by atoms with Crippen LogP contribution in [0.2, 0.25) is 0 Å². The number of methoxy groups -OCH3 is 1. The molecule has 25 heavy (non-hydrogen) atoms. The summed E-state index contributed by atoms with van der Waals surface area (Å²) in [5, 5.41) is 0. The van der Waals surface area contributed by atoms with Crippen LogP contribution in [0.4, 0.5) is 5.69 Å². The zero-order valence-electron chi connectivity index (χ0n) is 13.8. The van der Waals surface area contributed by atoms with E-state index < -0.39 is 22.5 Å². The lowest BCUT2D eigenvalue weighted by Gasteiger charge is -2.24. The number of carbonyl (C=O) groups is 1. The molecule has 0 aliphatic rings. The number of benzene rings is 2. The van der Waals surface area contributed by atoms with Crippen molar-refractivity contribution in [3.05, 3.63) is 53.0 Å². The topological polar surface area (TPSA) is 72.9 Å². The Morgan fingerprint density at radius 2 is 1.84 bits per heavy atom. The minimum absolute atomic E-state index is 0.0708. The first-order valence-corrected chi connectivity index (χ1v) is 9.69. The fourth-order valence-electron chi connectivity index (χ4n) is 2.13. The van der Waals surface area contributed by atoms with Gasteiger partial charge in [-0.25, -0.2) is 8.42 Å². The second-order valence-corrected chi connectivity index (χ2v) is 7.75. The van der Waals surface area contributed by atoms with E-state index in [1.54, 1.807) is 36.4 Å². The number of halogens is 1. The molecule has 0 spiro atoms. The average molecular weight is 428 g/mol. The first-order valence-electron chi connectivity index (χ1n) is 7.46. The van der Waals surface area contributed by atoms with Gasteiger partial charge in [-0.3, -0.25) is 9.10 Å². The van der Waals surface area contributed by atoms with Gasteiger partial charge in [0.25, 0.3) is 10.0 Å². The van der Waals surface area contributed by atoms with Gasteiger partial charge in [-0.2, -0.15) is 0 Å². The molecule has 0 saturated heterocycles. The quantitative estimate of drug-likeness (QED) is 0.634. The number of rotatable bonds is 7. The van der Waals surface area contributed by atoms with E-state index in [1.807, 2.05) is 6.92 Å². The van der Waals surface area contributed by atoms with Crippen LogP contribution < -0.4 is 9.04 Å². The lowest BCUT2D eigenvalue weighted by atomic mass is 10.3. The van der Waals surface area contributed by atoms with E-state index in [-0.39, 0.29) is 4.90 Å². The van der Waals surface area contributed by atoms with Crippen molar-refractivity contribution in [2.45, 2.75) is 11.8 Å². The number of ether oxygens (including phenoxy) is 2. The number of anilines is 1. The molecule has 0 saturated carbocycles. The van der Waals surface area contributed by atoms with E-state index in [2.05, 4.69) is 20.7 Å². The van der Waals surface area contributed by atoms with Crippen molar-refractivity contribution >= 4 is 37.6 Å². The average Bonchev–Trinajstić information content (AvgIpc) is 2.60. The molecule has 0 aliphatic carbocycles. The van der Waals surface area contributed by atoms with E-state index in [1.165, 1.54) is 19.2 Å². The number of carbonyl (C=O) groups excluding carboxylic acids is 1. The highest BCUT2D eigenvalue weighted by atomic mass is 79.9. The Bertz CT molecular complexity index is 836. The van der Waals surface area contributed by atoms with Crippen LogP contribution in [0.3, 0.4) is 0 Å². The zero-order chi connectivity index (χ0) is 18.4. The summed E-state index contributed by atoms with van der Waals surface area (Å²) in [6.45, 7) is 1.84. The Kier molecular flexibility index (Phi) is 6.44. The molecule has 0 amide bonds. The van der Waals surface area contributed by atoms with Gasteiger partial charge >= 0.3 is 5.97 Å². The van der Waals surface area contributed by atoms with Crippen molar-refractivity contribution in [3.8, 4) is 5.75 Å². The third-order valence-electron chi connectivity index (χ3n) is 3.32. The van der Waals surface area contributed by atoms with Gasteiger partial charge in [-0.15, -0.1) is 0 Å². The summed E-state index contributed by atoms with van der Waals surface area (Å²) in [4.78, 5) is 11.8. The number of nitrogens with zero attached hydrogens (tertiary/aromatic N) is 1. The number of esters is 1. The smallest absolute Gasteiger partial charge is 0.326 e. The number of sulfonamides is 1. The Morgan fingerprint density at radius 1 is 1.16 bits per heavy atom. The highest BCUT2D eigenvalue weighted by Gasteiger charge is 2.27. The normalized spacial score (nSPS) is 11.0. The van der Waals surface area contributed by atoms with Gasteiger partial charge < -0.3 is 9.47 Å². The van der Waals surface area contributed by atoms with Crippen molar-refractivity contribution < 1.29 is 22.7 Å². The largest absolute Gasteiger partial charge is 0.494 e. The van der Waals surface area contributed by atoms with Crippen molar-refractivity contribution in [3.63, 3.8) is 0 Å². The van der Waals surface area contributed by atoms with Crippen molar-refractivity contribution in [2.24, 2.45) is 0 Å². The van der Waals surface area contributed by atoms with Crippen LogP contribution in [-0.4, -0.2) is 34.6 Å². The molecule has 6 nitrogen and oxygen atoms in total. The number of hydrogen-bond donors (Lipinski definition) is 0. The molecule has 0 heterocycles. The summed E-state index contributed by atoms with van der Waals surface area (Å²) < 4.78 is 37.9. The molecule has 134 valence electrons. The number of hydrogen-bond acceptors (Lipinski definition) is 5. The van der Waals surface area contributed by atoms with E-state index in [0.717, 1.165) is 8.78 Å². The van der Waals surface area contributed by atoms with E-state index in [0.29, 0.717) is 18.0 Å². The molecule has 0 aliphatic heterocycles. The third-order valence-corrected chi connectivity index (χ3v) is 5.64. The summed E-state index contributed by atoms with van der Waals surface area (Å²) in [6, 6.07) is 12.7. The molecule has 2 aromatic rings. The zero-order valence-corrected chi connectivity index (χ0v) is 16.2. The predicted molar refractivity (Wildman–Crippen MR) is 98.3 cm³/mol. The van der Waals surface area contributed by atoms with Gasteiger partial charge in [-0.1, -0.05) is 22.0 Å². The molecular formula is C17H18BrNO5S. The maximum Gasteiger partial charge on any atom is 0.326 e. The van der Waals surface area contributed by atoms with Crippen LogP contribution in [0.15, 0.2) is 57.9 Å². The molecular weight excluding hydrogens is 410 g/mol. The van der Waals surface area contributed by atoms with Gasteiger partial charge in [0.2, 0.25) is 0 Å². The molecule has 2 aromatic carbocycles. The lowest BCUT2D eigenvalue weighted by Crippen LogP contribution is -2.36. The third kappa shape index (κ3) is 4.73. The monoisotopic (exact) mass is 427 g/mol. The summed E-state index contributed by atoms with van der Waals surface area (Å²) in [5.74, 6) is -0.150. The van der Waals surface area contributed by atoms with Crippen molar-refractivity contribution in [2.75, 3.05) is 24.6 Å². The SMILES string of the molecule is CCOc1cccc(N(CC(=O)OC)S(=O)(=O)c2ccc(Br)cc2)c1. The summed E-state index contributed by atoms with van der Waals surface area (Å²) in [5.41, 5.74) is 0.319. The Hall–Kier alpha value is -2.06. The summed E-state index contributed by atoms with van der Waals surface area (Å²) >= 11 is 3.27. The molecule has 0 fully saturated rings. The van der Waals surface area contributed by atoms with Crippen LogP contribution in [0, 0.1) is 0 Å². The Labute approximate surface area is 155 Å². The second kappa shape index (κ2) is 8.35. The molecule has 0 unspecified atom stereocenters. The molecule has 0 aromatic heterocycles. The van der Waals surface area contributed by atoms with Crippen LogP contribution in [-0.2, 0) is 19.6 Å². The molecule has 0 N–H and O–H groups in total. The maximum absolute atomic E-state index is 13.0. The van der Waals surface area contributed by atoms with Crippen LogP contribution >= 0.6 is 15.9 Å². The van der Waals surface area contributed by atoms with Gasteiger partial charge in [0.05, 0.1) is 24.3 Å². The van der Waals surface area contributed by atoms with E-state index >= 15 is 0 Å². The minimum atomic E-state index is -3.95. The molecule has 0 radical (unpaired) electrons. The lowest BCUT2D eigenvalue weighted by molar-refractivity contribution is -0.138. The van der Waals surface area contributed by atoms with E-state index in [4.69, 9.17) is 4.74 Å². The van der Waals surface area contributed by atoms with E-state index in [9.17, 15) is 13.2 Å². The summed E-state index contributed by atoms with van der Waals surface area (Å²) in [7, 11) is -2.74. The Balaban J connectivity index is 2.50. The standard InChI is InChI=1S/C17H18BrNO5S/c1-3-24-15-6-4-5-14(11-15)19(12-17(20)23-2)25(21,22)16-9-7-13(18)8-10-16/h4-11H,3,12H2,1-2H3. The first-order chi connectivity index (χ1) is 11.9. The van der Waals surface area contributed by atoms with Crippen LogP contribution in [0.5, 0.6) is 5.75 Å². The summed E-state index contributed by atoms with van der Waals surface area (Å²) in [6.07, 6.45) is 0. The van der Waals surface area contributed by atoms with Gasteiger partial charge in [0.15, 0.2) is 0 Å². The van der Waals surface area contributed by atoms with Gasteiger partial charge in [-0.05, 0) is 43.3 Å². The Morgan fingerprint density at radius 3 is 2.44 bits per heavy atom. The minimum Gasteiger partial charge on any atom is -0.494 e.